The molecule has 0 aromatic heterocycles. The van der Waals surface area contributed by atoms with Crippen LogP contribution in [0.1, 0.15) is 34.8 Å². The predicted molar refractivity (Wildman–Crippen MR) is 106 cm³/mol. The molecular formula is C22H22ClNO4. The zero-order valence-corrected chi connectivity index (χ0v) is 16.4. The summed E-state index contributed by atoms with van der Waals surface area (Å²) >= 11 is 6.14. The summed E-state index contributed by atoms with van der Waals surface area (Å²) < 4.78 is 5.18. The Morgan fingerprint density at radius 1 is 1.14 bits per heavy atom. The van der Waals surface area contributed by atoms with Gasteiger partial charge in [0.25, 0.3) is 0 Å². The van der Waals surface area contributed by atoms with Crippen molar-refractivity contribution in [2.75, 3.05) is 13.2 Å². The number of aryl methyl sites for hydroxylation is 1. The van der Waals surface area contributed by atoms with Crippen molar-refractivity contribution in [3.63, 3.8) is 0 Å². The van der Waals surface area contributed by atoms with Gasteiger partial charge in [0.05, 0.1) is 5.92 Å². The van der Waals surface area contributed by atoms with Crippen LogP contribution in [-0.4, -0.2) is 35.7 Å². The monoisotopic (exact) mass is 399 g/mol. The van der Waals surface area contributed by atoms with Crippen molar-refractivity contribution >= 4 is 29.3 Å². The quantitative estimate of drug-likeness (QED) is 0.526. The van der Waals surface area contributed by atoms with E-state index in [-0.39, 0.29) is 31.3 Å². The highest BCUT2D eigenvalue weighted by Crippen LogP contribution is 2.24. The fraction of sp³-hybridized carbons (Fsp3) is 0.318. The summed E-state index contributed by atoms with van der Waals surface area (Å²) in [5.41, 5.74) is 2.47. The minimum Gasteiger partial charge on any atom is -0.457 e. The van der Waals surface area contributed by atoms with E-state index >= 15 is 0 Å². The molecule has 5 nitrogen and oxygen atoms in total. The molecule has 1 atom stereocenters. The van der Waals surface area contributed by atoms with Crippen molar-refractivity contribution in [2.45, 2.75) is 26.3 Å². The number of likely N-dealkylation sites (tertiary alicyclic amines) is 1. The van der Waals surface area contributed by atoms with E-state index < -0.39 is 11.9 Å². The predicted octanol–water partition coefficient (Wildman–Crippen LogP) is 3.68. The van der Waals surface area contributed by atoms with Crippen molar-refractivity contribution in [1.29, 1.82) is 0 Å². The van der Waals surface area contributed by atoms with Gasteiger partial charge in [-0.3, -0.25) is 14.4 Å². The average molecular weight is 400 g/mol. The smallest absolute Gasteiger partial charge is 0.311 e. The normalized spacial score (nSPS) is 16.3. The molecule has 1 amide bonds. The van der Waals surface area contributed by atoms with Crippen LogP contribution < -0.4 is 0 Å². The van der Waals surface area contributed by atoms with Crippen molar-refractivity contribution in [3.8, 4) is 0 Å². The van der Waals surface area contributed by atoms with Gasteiger partial charge in [0.2, 0.25) is 5.91 Å². The molecule has 1 aliphatic heterocycles. The third kappa shape index (κ3) is 4.78. The third-order valence-electron chi connectivity index (χ3n) is 4.90. The van der Waals surface area contributed by atoms with E-state index in [0.717, 1.165) is 17.5 Å². The highest BCUT2D eigenvalue weighted by atomic mass is 35.5. The summed E-state index contributed by atoms with van der Waals surface area (Å²) in [6, 6.07) is 14.5. The fourth-order valence-electron chi connectivity index (χ4n) is 3.18. The van der Waals surface area contributed by atoms with Gasteiger partial charge in [0, 0.05) is 30.1 Å². The molecular weight excluding hydrogens is 378 g/mol. The topological polar surface area (TPSA) is 63.7 Å². The van der Waals surface area contributed by atoms with Crippen molar-refractivity contribution < 1.29 is 19.1 Å². The molecule has 3 rings (SSSR count). The number of hydrogen-bond acceptors (Lipinski definition) is 4. The Balaban J connectivity index is 1.52. The molecule has 6 heteroatoms. The van der Waals surface area contributed by atoms with Gasteiger partial charge in [-0.2, -0.15) is 0 Å². The number of carbonyl (C=O) groups excluding carboxylic acids is 3. The second-order valence-electron chi connectivity index (χ2n) is 6.85. The lowest BCUT2D eigenvalue weighted by Crippen LogP contribution is -2.27. The molecule has 2 aromatic rings. The van der Waals surface area contributed by atoms with Crippen LogP contribution in [0, 0.1) is 5.92 Å². The van der Waals surface area contributed by atoms with Gasteiger partial charge in [0.15, 0.2) is 12.4 Å². The number of rotatable bonds is 7. The largest absolute Gasteiger partial charge is 0.457 e. The van der Waals surface area contributed by atoms with Crippen LogP contribution >= 0.6 is 11.6 Å². The molecule has 0 radical (unpaired) electrons. The summed E-state index contributed by atoms with van der Waals surface area (Å²) in [6.07, 6.45) is 0.979. The first-order valence-electron chi connectivity index (χ1n) is 9.28. The number of amides is 1. The lowest BCUT2D eigenvalue weighted by atomic mass is 10.1. The Hall–Kier alpha value is -2.66. The first kappa shape index (κ1) is 20.1. The zero-order chi connectivity index (χ0) is 20.1. The van der Waals surface area contributed by atoms with Gasteiger partial charge < -0.3 is 9.64 Å². The van der Waals surface area contributed by atoms with Gasteiger partial charge in [-0.05, 0) is 23.6 Å². The Bertz CT molecular complexity index is 878. The first-order valence-corrected chi connectivity index (χ1v) is 9.65. The van der Waals surface area contributed by atoms with E-state index in [9.17, 15) is 14.4 Å². The van der Waals surface area contributed by atoms with Crippen molar-refractivity contribution in [2.24, 2.45) is 5.92 Å². The standard InChI is InChI=1S/C22H22ClNO4/c1-2-15-7-9-16(10-8-15)20(25)14-28-22(27)18-11-21(26)24(13-18)12-17-5-3-4-6-19(17)23/h3-10,18H,2,11-14H2,1H3/t18-/m0/s1. The average Bonchev–Trinajstić information content (AvgIpc) is 3.08. The van der Waals surface area contributed by atoms with Crippen LogP contribution in [0.25, 0.3) is 0 Å². The number of esters is 1. The second kappa shape index (κ2) is 9.02. The molecule has 146 valence electrons. The second-order valence-corrected chi connectivity index (χ2v) is 7.26. The van der Waals surface area contributed by atoms with E-state index in [4.69, 9.17) is 16.3 Å². The van der Waals surface area contributed by atoms with Gasteiger partial charge in [0.1, 0.15) is 0 Å². The maximum atomic E-state index is 12.3. The van der Waals surface area contributed by atoms with Crippen molar-refractivity contribution in [3.05, 3.63) is 70.2 Å². The van der Waals surface area contributed by atoms with Crippen LogP contribution in [0.2, 0.25) is 5.02 Å². The molecule has 0 N–H and O–H groups in total. The molecule has 1 aliphatic rings. The van der Waals surface area contributed by atoms with E-state index in [1.54, 1.807) is 23.1 Å². The summed E-state index contributed by atoms with van der Waals surface area (Å²) in [5, 5.41) is 0.584. The number of ketones is 1. The highest BCUT2D eigenvalue weighted by molar-refractivity contribution is 6.31. The molecule has 2 aromatic carbocycles. The van der Waals surface area contributed by atoms with Gasteiger partial charge >= 0.3 is 5.97 Å². The summed E-state index contributed by atoms with van der Waals surface area (Å²) in [7, 11) is 0. The minimum atomic E-state index is -0.565. The number of nitrogens with zero attached hydrogens (tertiary/aromatic N) is 1. The highest BCUT2D eigenvalue weighted by Gasteiger charge is 2.35. The Morgan fingerprint density at radius 3 is 2.54 bits per heavy atom. The van der Waals surface area contributed by atoms with Crippen LogP contribution in [-0.2, 0) is 27.3 Å². The lowest BCUT2D eigenvalue weighted by molar-refractivity contribution is -0.147. The van der Waals surface area contributed by atoms with Crippen LogP contribution in [0.3, 0.4) is 0 Å². The van der Waals surface area contributed by atoms with Gasteiger partial charge in [-0.25, -0.2) is 0 Å². The molecule has 1 fully saturated rings. The maximum Gasteiger partial charge on any atom is 0.311 e. The summed E-state index contributed by atoms with van der Waals surface area (Å²) in [4.78, 5) is 38.3. The van der Waals surface area contributed by atoms with Gasteiger partial charge in [-0.15, -0.1) is 0 Å². The minimum absolute atomic E-state index is 0.0860. The van der Waals surface area contributed by atoms with Crippen molar-refractivity contribution in [1.82, 2.24) is 4.90 Å². The fourth-order valence-corrected chi connectivity index (χ4v) is 3.37. The molecule has 0 bridgehead atoms. The molecule has 1 saturated heterocycles. The lowest BCUT2D eigenvalue weighted by Gasteiger charge is -2.17. The van der Waals surface area contributed by atoms with E-state index in [0.29, 0.717) is 17.1 Å². The molecule has 0 saturated carbocycles. The number of hydrogen-bond donors (Lipinski definition) is 0. The molecule has 1 heterocycles. The number of benzene rings is 2. The third-order valence-corrected chi connectivity index (χ3v) is 5.27. The van der Waals surface area contributed by atoms with E-state index in [1.165, 1.54) is 0 Å². The van der Waals surface area contributed by atoms with E-state index in [1.807, 2.05) is 37.3 Å². The number of carbonyl (C=O) groups is 3. The SMILES string of the molecule is CCc1ccc(C(=O)COC(=O)[C@H]2CC(=O)N(Cc3ccccc3Cl)C2)cc1. The van der Waals surface area contributed by atoms with Crippen LogP contribution in [0.5, 0.6) is 0 Å². The molecule has 0 aliphatic carbocycles. The maximum absolute atomic E-state index is 12.3. The number of Topliss-reactive ketones (excluding diaryl/α,β-unsaturated/α-hetero) is 1. The molecule has 0 spiro atoms. The Kier molecular flexibility index (Phi) is 6.47. The molecule has 28 heavy (non-hydrogen) atoms. The van der Waals surface area contributed by atoms with Crippen LogP contribution in [0.15, 0.2) is 48.5 Å². The Morgan fingerprint density at radius 2 is 1.86 bits per heavy atom. The first-order chi connectivity index (χ1) is 13.5. The Labute approximate surface area is 169 Å². The van der Waals surface area contributed by atoms with E-state index in [2.05, 4.69) is 0 Å². The number of ether oxygens (including phenoxy) is 1. The van der Waals surface area contributed by atoms with Gasteiger partial charge in [-0.1, -0.05) is 61.0 Å². The number of halogens is 1. The molecule has 0 unspecified atom stereocenters. The van der Waals surface area contributed by atoms with Crippen LogP contribution in [0.4, 0.5) is 0 Å². The zero-order valence-electron chi connectivity index (χ0n) is 15.7. The summed E-state index contributed by atoms with van der Waals surface area (Å²) in [5.74, 6) is -1.46. The summed E-state index contributed by atoms with van der Waals surface area (Å²) in [6.45, 7) is 2.34.